The molecule has 1 N–H and O–H groups in total. The van der Waals surface area contributed by atoms with E-state index in [-0.39, 0.29) is 24.5 Å². The Hall–Kier alpha value is -1.10. The molecular formula is C13H24N2O3. The van der Waals surface area contributed by atoms with E-state index in [9.17, 15) is 9.59 Å². The molecule has 1 aliphatic heterocycles. The van der Waals surface area contributed by atoms with Gasteiger partial charge in [-0.05, 0) is 33.1 Å². The van der Waals surface area contributed by atoms with Crippen molar-refractivity contribution in [2.24, 2.45) is 0 Å². The molecule has 0 aliphatic carbocycles. The molecule has 0 aromatic carbocycles. The number of carbonyl (C=O) groups is 2. The summed E-state index contributed by atoms with van der Waals surface area (Å²) in [6.45, 7) is 7.34. The number of amides is 1. The van der Waals surface area contributed by atoms with E-state index in [4.69, 9.17) is 5.11 Å². The zero-order chi connectivity index (χ0) is 13.7. The minimum absolute atomic E-state index is 0.0639. The fraction of sp³-hybridized carbons (Fsp3) is 0.846. The molecule has 18 heavy (non-hydrogen) atoms. The van der Waals surface area contributed by atoms with Crippen LogP contribution in [-0.4, -0.2) is 58.5 Å². The van der Waals surface area contributed by atoms with E-state index in [1.165, 1.54) is 0 Å². The second-order valence-corrected chi connectivity index (χ2v) is 5.03. The number of carbonyl (C=O) groups excluding carboxylic acids is 1. The number of likely N-dealkylation sites (tertiary alicyclic amines) is 1. The molecule has 1 aliphatic rings. The zero-order valence-corrected chi connectivity index (χ0v) is 11.6. The largest absolute Gasteiger partial charge is 0.480 e. The molecule has 1 rings (SSSR count). The van der Waals surface area contributed by atoms with Gasteiger partial charge in [0, 0.05) is 19.1 Å². The van der Waals surface area contributed by atoms with Gasteiger partial charge in [-0.15, -0.1) is 0 Å². The third-order valence-electron chi connectivity index (χ3n) is 3.75. The van der Waals surface area contributed by atoms with Crippen molar-refractivity contribution in [1.82, 2.24) is 9.80 Å². The van der Waals surface area contributed by atoms with Crippen LogP contribution in [0.1, 0.15) is 40.0 Å². The van der Waals surface area contributed by atoms with E-state index >= 15 is 0 Å². The van der Waals surface area contributed by atoms with Gasteiger partial charge in [-0.25, -0.2) is 0 Å². The van der Waals surface area contributed by atoms with E-state index in [0.717, 1.165) is 32.4 Å². The second-order valence-electron chi connectivity index (χ2n) is 5.03. The number of hydrogen-bond acceptors (Lipinski definition) is 3. The quantitative estimate of drug-likeness (QED) is 0.775. The summed E-state index contributed by atoms with van der Waals surface area (Å²) < 4.78 is 0. The predicted molar refractivity (Wildman–Crippen MR) is 69.4 cm³/mol. The van der Waals surface area contributed by atoms with Crippen LogP contribution in [0.2, 0.25) is 0 Å². The smallest absolute Gasteiger partial charge is 0.317 e. The van der Waals surface area contributed by atoms with Gasteiger partial charge in [0.15, 0.2) is 0 Å². The average Bonchev–Trinajstić information content (AvgIpc) is 2.86. The number of nitrogens with zero attached hydrogens (tertiary/aromatic N) is 2. The van der Waals surface area contributed by atoms with E-state index in [1.807, 2.05) is 25.7 Å². The summed E-state index contributed by atoms with van der Waals surface area (Å²) in [5.41, 5.74) is 0. The van der Waals surface area contributed by atoms with Crippen LogP contribution in [0.15, 0.2) is 0 Å². The van der Waals surface area contributed by atoms with Crippen LogP contribution in [0.3, 0.4) is 0 Å². The summed E-state index contributed by atoms with van der Waals surface area (Å²) in [5, 5.41) is 8.96. The standard InChI is InChI=1S/C13H24N2O3/c1-4-10(2)15(9-12(16)17)11(3)13(18)14-7-5-6-8-14/h10-11H,4-9H2,1-3H3,(H,16,17). The summed E-state index contributed by atoms with van der Waals surface area (Å²) >= 11 is 0. The van der Waals surface area contributed by atoms with Gasteiger partial charge in [0.2, 0.25) is 5.91 Å². The first-order valence-electron chi connectivity index (χ1n) is 6.73. The minimum atomic E-state index is -0.878. The zero-order valence-electron chi connectivity index (χ0n) is 11.6. The Labute approximate surface area is 109 Å². The average molecular weight is 256 g/mol. The summed E-state index contributed by atoms with van der Waals surface area (Å²) in [6.07, 6.45) is 2.95. The first kappa shape index (κ1) is 15.0. The van der Waals surface area contributed by atoms with Crippen LogP contribution in [-0.2, 0) is 9.59 Å². The van der Waals surface area contributed by atoms with Crippen LogP contribution in [0, 0.1) is 0 Å². The molecule has 5 heteroatoms. The molecular weight excluding hydrogens is 232 g/mol. The topological polar surface area (TPSA) is 60.9 Å². The number of hydrogen-bond donors (Lipinski definition) is 1. The van der Waals surface area contributed by atoms with Crippen LogP contribution in [0.4, 0.5) is 0 Å². The van der Waals surface area contributed by atoms with Gasteiger partial charge < -0.3 is 10.0 Å². The Bertz CT molecular complexity index is 301. The lowest BCUT2D eigenvalue weighted by Gasteiger charge is -2.34. The Morgan fingerprint density at radius 2 is 1.83 bits per heavy atom. The van der Waals surface area contributed by atoms with Crippen molar-refractivity contribution in [1.29, 1.82) is 0 Å². The summed E-state index contributed by atoms with van der Waals surface area (Å²) in [4.78, 5) is 26.8. The van der Waals surface area contributed by atoms with E-state index < -0.39 is 5.97 Å². The number of aliphatic carboxylic acids is 1. The van der Waals surface area contributed by atoms with Crippen LogP contribution >= 0.6 is 0 Å². The highest BCUT2D eigenvalue weighted by Crippen LogP contribution is 2.15. The molecule has 2 unspecified atom stereocenters. The van der Waals surface area contributed by atoms with Crippen molar-refractivity contribution in [3.05, 3.63) is 0 Å². The molecule has 2 atom stereocenters. The van der Waals surface area contributed by atoms with E-state index in [2.05, 4.69) is 0 Å². The molecule has 1 saturated heterocycles. The first-order chi connectivity index (χ1) is 8.47. The predicted octanol–water partition coefficient (Wildman–Crippen LogP) is 1.18. The number of carboxylic acids is 1. The van der Waals surface area contributed by atoms with Crippen molar-refractivity contribution in [2.45, 2.75) is 52.1 Å². The van der Waals surface area contributed by atoms with Gasteiger partial charge in [-0.3, -0.25) is 14.5 Å². The highest BCUT2D eigenvalue weighted by atomic mass is 16.4. The minimum Gasteiger partial charge on any atom is -0.480 e. The lowest BCUT2D eigenvalue weighted by atomic mass is 10.1. The third kappa shape index (κ3) is 3.70. The highest BCUT2D eigenvalue weighted by molar-refractivity contribution is 5.82. The summed E-state index contributed by atoms with van der Waals surface area (Å²) in [7, 11) is 0. The summed E-state index contributed by atoms with van der Waals surface area (Å²) in [6, 6.07) is -0.253. The normalized spacial score (nSPS) is 19.0. The Balaban J connectivity index is 2.70. The van der Waals surface area contributed by atoms with E-state index in [1.54, 1.807) is 4.90 Å². The molecule has 0 spiro atoms. The van der Waals surface area contributed by atoms with Crippen LogP contribution < -0.4 is 0 Å². The van der Waals surface area contributed by atoms with Gasteiger partial charge >= 0.3 is 5.97 Å². The van der Waals surface area contributed by atoms with Gasteiger partial charge in [0.1, 0.15) is 0 Å². The van der Waals surface area contributed by atoms with Crippen LogP contribution in [0.25, 0.3) is 0 Å². The molecule has 0 aromatic heterocycles. The maximum atomic E-state index is 12.3. The lowest BCUT2D eigenvalue weighted by molar-refractivity contribution is -0.143. The third-order valence-corrected chi connectivity index (χ3v) is 3.75. The molecule has 0 saturated carbocycles. The van der Waals surface area contributed by atoms with Gasteiger partial charge in [0.05, 0.1) is 12.6 Å². The van der Waals surface area contributed by atoms with Gasteiger partial charge in [-0.1, -0.05) is 6.92 Å². The second kappa shape index (κ2) is 6.73. The molecule has 5 nitrogen and oxygen atoms in total. The first-order valence-corrected chi connectivity index (χ1v) is 6.73. The number of rotatable bonds is 6. The Morgan fingerprint density at radius 1 is 1.28 bits per heavy atom. The maximum absolute atomic E-state index is 12.3. The molecule has 0 bridgehead atoms. The van der Waals surface area contributed by atoms with Crippen molar-refractivity contribution in [3.63, 3.8) is 0 Å². The van der Waals surface area contributed by atoms with Crippen molar-refractivity contribution in [2.75, 3.05) is 19.6 Å². The number of carboxylic acid groups (broad SMARTS) is 1. The molecule has 0 radical (unpaired) electrons. The van der Waals surface area contributed by atoms with Crippen molar-refractivity contribution < 1.29 is 14.7 Å². The van der Waals surface area contributed by atoms with Crippen LogP contribution in [0.5, 0.6) is 0 Å². The van der Waals surface area contributed by atoms with E-state index in [0.29, 0.717) is 0 Å². The summed E-state index contributed by atoms with van der Waals surface area (Å²) in [5.74, 6) is -0.814. The molecule has 104 valence electrons. The lowest BCUT2D eigenvalue weighted by Crippen LogP contribution is -2.51. The molecule has 1 heterocycles. The Kier molecular flexibility index (Phi) is 5.59. The molecule has 1 amide bonds. The fourth-order valence-corrected chi connectivity index (χ4v) is 2.41. The van der Waals surface area contributed by atoms with Crippen molar-refractivity contribution >= 4 is 11.9 Å². The van der Waals surface area contributed by atoms with Gasteiger partial charge in [0.25, 0.3) is 0 Å². The van der Waals surface area contributed by atoms with Gasteiger partial charge in [-0.2, -0.15) is 0 Å². The monoisotopic (exact) mass is 256 g/mol. The maximum Gasteiger partial charge on any atom is 0.317 e. The highest BCUT2D eigenvalue weighted by Gasteiger charge is 2.30. The Morgan fingerprint density at radius 3 is 2.28 bits per heavy atom. The SMILES string of the molecule is CCC(C)N(CC(=O)O)C(C)C(=O)N1CCCC1. The van der Waals surface area contributed by atoms with Crippen molar-refractivity contribution in [3.8, 4) is 0 Å². The fourth-order valence-electron chi connectivity index (χ4n) is 2.41. The molecule has 0 aromatic rings. The molecule has 1 fully saturated rings.